The molecule has 0 saturated carbocycles. The van der Waals surface area contributed by atoms with Crippen LogP contribution >= 0.6 is 23.2 Å². The van der Waals surface area contributed by atoms with Crippen LogP contribution in [0.5, 0.6) is 11.5 Å². The second kappa shape index (κ2) is 9.31. The number of carbonyl (C=O) groups excluding carboxylic acids is 2. The zero-order valence-electron chi connectivity index (χ0n) is 14.3. The minimum absolute atomic E-state index is 0.102. The molecule has 2 amide bonds. The fourth-order valence-electron chi connectivity index (χ4n) is 2.17. The molecule has 0 heterocycles. The van der Waals surface area contributed by atoms with E-state index in [2.05, 4.69) is 10.9 Å². The lowest BCUT2D eigenvalue weighted by Crippen LogP contribution is -2.42. The standard InChI is InChI=1S/C18H18Cl2N2O4/c1-3-26-17-14(20)9-12(10-15(17)25-2)18(24)22-21-16(23)8-11-4-6-13(19)7-5-11/h4-7,9-10H,3,8H2,1-2H3,(H,21,23)(H,22,24). The third-order valence-corrected chi connectivity index (χ3v) is 3.91. The number of carbonyl (C=O) groups is 2. The van der Waals surface area contributed by atoms with Gasteiger partial charge in [-0.25, -0.2) is 0 Å². The molecule has 138 valence electrons. The molecule has 0 saturated heterocycles. The summed E-state index contributed by atoms with van der Waals surface area (Å²) in [5.41, 5.74) is 5.69. The first-order chi connectivity index (χ1) is 12.4. The Hall–Kier alpha value is -2.44. The number of hydrogen-bond acceptors (Lipinski definition) is 4. The number of nitrogens with one attached hydrogen (secondary N) is 2. The van der Waals surface area contributed by atoms with Gasteiger partial charge in [-0.3, -0.25) is 20.4 Å². The van der Waals surface area contributed by atoms with Crippen molar-refractivity contribution >= 4 is 35.0 Å². The largest absolute Gasteiger partial charge is 0.493 e. The first-order valence-corrected chi connectivity index (χ1v) is 8.54. The first-order valence-electron chi connectivity index (χ1n) is 7.78. The van der Waals surface area contributed by atoms with E-state index < -0.39 is 5.91 Å². The van der Waals surface area contributed by atoms with Crippen LogP contribution in [-0.2, 0) is 11.2 Å². The molecule has 0 atom stereocenters. The van der Waals surface area contributed by atoms with Crippen molar-refractivity contribution in [3.05, 3.63) is 57.6 Å². The number of amides is 2. The molecule has 26 heavy (non-hydrogen) atoms. The highest BCUT2D eigenvalue weighted by Crippen LogP contribution is 2.36. The van der Waals surface area contributed by atoms with Gasteiger partial charge in [0.25, 0.3) is 5.91 Å². The van der Waals surface area contributed by atoms with Crippen molar-refractivity contribution in [3.63, 3.8) is 0 Å². The zero-order valence-corrected chi connectivity index (χ0v) is 15.8. The van der Waals surface area contributed by atoms with Crippen molar-refractivity contribution in [1.82, 2.24) is 10.9 Å². The molecule has 0 spiro atoms. The number of methoxy groups -OCH3 is 1. The van der Waals surface area contributed by atoms with E-state index in [1.54, 1.807) is 24.3 Å². The summed E-state index contributed by atoms with van der Waals surface area (Å²) in [5.74, 6) is -0.209. The van der Waals surface area contributed by atoms with Crippen LogP contribution in [0.2, 0.25) is 10.0 Å². The summed E-state index contributed by atoms with van der Waals surface area (Å²) in [4.78, 5) is 24.2. The predicted octanol–water partition coefficient (Wildman–Crippen LogP) is 3.40. The number of benzene rings is 2. The number of hydrazine groups is 1. The molecule has 0 bridgehead atoms. The minimum Gasteiger partial charge on any atom is -0.493 e. The first kappa shape index (κ1) is 19.9. The van der Waals surface area contributed by atoms with Gasteiger partial charge in [-0.15, -0.1) is 0 Å². The number of ether oxygens (including phenoxy) is 2. The highest BCUT2D eigenvalue weighted by atomic mass is 35.5. The molecule has 8 heteroatoms. The van der Waals surface area contributed by atoms with Gasteiger partial charge in [0.05, 0.1) is 25.2 Å². The predicted molar refractivity (Wildman–Crippen MR) is 99.9 cm³/mol. The second-order valence-electron chi connectivity index (χ2n) is 5.23. The Bertz CT molecular complexity index is 795. The van der Waals surface area contributed by atoms with Crippen LogP contribution in [0.25, 0.3) is 0 Å². The second-order valence-corrected chi connectivity index (χ2v) is 6.07. The van der Waals surface area contributed by atoms with E-state index in [9.17, 15) is 9.59 Å². The van der Waals surface area contributed by atoms with Crippen molar-refractivity contribution in [1.29, 1.82) is 0 Å². The van der Waals surface area contributed by atoms with Crippen LogP contribution in [0.15, 0.2) is 36.4 Å². The van der Waals surface area contributed by atoms with Gasteiger partial charge < -0.3 is 9.47 Å². The van der Waals surface area contributed by atoms with E-state index in [0.29, 0.717) is 23.1 Å². The number of halogens is 2. The highest BCUT2D eigenvalue weighted by Gasteiger charge is 2.16. The van der Waals surface area contributed by atoms with Gasteiger partial charge in [-0.1, -0.05) is 35.3 Å². The maximum Gasteiger partial charge on any atom is 0.269 e. The zero-order chi connectivity index (χ0) is 19.1. The Labute approximate surface area is 161 Å². The third kappa shape index (κ3) is 5.28. The molecule has 0 aliphatic heterocycles. The molecule has 2 aromatic carbocycles. The quantitative estimate of drug-likeness (QED) is 0.733. The summed E-state index contributed by atoms with van der Waals surface area (Å²) in [6.07, 6.45) is 0.102. The SMILES string of the molecule is CCOc1c(Cl)cc(C(=O)NNC(=O)Cc2ccc(Cl)cc2)cc1OC. The van der Waals surface area contributed by atoms with Crippen LogP contribution in [0, 0.1) is 0 Å². The van der Waals surface area contributed by atoms with Gasteiger partial charge in [0.1, 0.15) is 0 Å². The smallest absolute Gasteiger partial charge is 0.269 e. The Balaban J connectivity index is 1.99. The Kier molecular flexibility index (Phi) is 7.12. The Morgan fingerprint density at radius 3 is 2.38 bits per heavy atom. The highest BCUT2D eigenvalue weighted by molar-refractivity contribution is 6.32. The van der Waals surface area contributed by atoms with E-state index >= 15 is 0 Å². The molecule has 6 nitrogen and oxygen atoms in total. The van der Waals surface area contributed by atoms with Crippen LogP contribution in [0.3, 0.4) is 0 Å². The average Bonchev–Trinajstić information content (AvgIpc) is 2.63. The molecule has 2 aromatic rings. The lowest BCUT2D eigenvalue weighted by molar-refractivity contribution is -0.121. The van der Waals surface area contributed by atoms with E-state index in [-0.39, 0.29) is 22.9 Å². The van der Waals surface area contributed by atoms with Gasteiger partial charge in [0.15, 0.2) is 11.5 Å². The minimum atomic E-state index is -0.530. The van der Waals surface area contributed by atoms with Crippen LogP contribution in [-0.4, -0.2) is 25.5 Å². The fraction of sp³-hybridized carbons (Fsp3) is 0.222. The monoisotopic (exact) mass is 396 g/mol. The molecule has 0 radical (unpaired) electrons. The van der Waals surface area contributed by atoms with E-state index in [1.165, 1.54) is 19.2 Å². The molecule has 0 aliphatic rings. The summed E-state index contributed by atoms with van der Waals surface area (Å²) in [7, 11) is 1.45. The number of hydrogen-bond donors (Lipinski definition) is 2. The maximum absolute atomic E-state index is 12.2. The molecule has 0 unspecified atom stereocenters. The van der Waals surface area contributed by atoms with Crippen LogP contribution < -0.4 is 20.3 Å². The molecular formula is C18H18Cl2N2O4. The van der Waals surface area contributed by atoms with Gasteiger partial charge >= 0.3 is 0 Å². The summed E-state index contributed by atoms with van der Waals surface area (Å²) in [6, 6.07) is 9.78. The van der Waals surface area contributed by atoms with Gasteiger partial charge in [-0.05, 0) is 36.8 Å². The van der Waals surface area contributed by atoms with Gasteiger partial charge in [0.2, 0.25) is 5.91 Å². The molecule has 0 aliphatic carbocycles. The van der Waals surface area contributed by atoms with Crippen LogP contribution in [0.4, 0.5) is 0 Å². The molecule has 2 rings (SSSR count). The van der Waals surface area contributed by atoms with Crippen molar-refractivity contribution in [2.75, 3.05) is 13.7 Å². The van der Waals surface area contributed by atoms with Crippen molar-refractivity contribution in [3.8, 4) is 11.5 Å². The fourth-order valence-corrected chi connectivity index (χ4v) is 2.56. The van der Waals surface area contributed by atoms with Crippen LogP contribution in [0.1, 0.15) is 22.8 Å². The topological polar surface area (TPSA) is 76.7 Å². The third-order valence-electron chi connectivity index (χ3n) is 3.37. The normalized spacial score (nSPS) is 10.2. The van der Waals surface area contributed by atoms with Crippen molar-refractivity contribution < 1.29 is 19.1 Å². The van der Waals surface area contributed by atoms with Crippen molar-refractivity contribution in [2.24, 2.45) is 0 Å². The lowest BCUT2D eigenvalue weighted by atomic mass is 10.1. The van der Waals surface area contributed by atoms with Gasteiger partial charge in [0, 0.05) is 10.6 Å². The molecule has 0 aromatic heterocycles. The van der Waals surface area contributed by atoms with E-state index in [0.717, 1.165) is 5.56 Å². The average molecular weight is 397 g/mol. The summed E-state index contributed by atoms with van der Waals surface area (Å²) in [6.45, 7) is 2.22. The summed E-state index contributed by atoms with van der Waals surface area (Å²) < 4.78 is 10.6. The molecule has 2 N–H and O–H groups in total. The lowest BCUT2D eigenvalue weighted by Gasteiger charge is -2.13. The Morgan fingerprint density at radius 1 is 1.08 bits per heavy atom. The molecular weight excluding hydrogens is 379 g/mol. The van der Waals surface area contributed by atoms with E-state index in [1.807, 2.05) is 6.92 Å². The number of rotatable bonds is 6. The summed E-state index contributed by atoms with van der Waals surface area (Å²) >= 11 is 11.9. The maximum atomic E-state index is 12.2. The Morgan fingerprint density at radius 2 is 1.77 bits per heavy atom. The van der Waals surface area contributed by atoms with Crippen molar-refractivity contribution in [2.45, 2.75) is 13.3 Å². The summed E-state index contributed by atoms with van der Waals surface area (Å²) in [5, 5.41) is 0.827. The van der Waals surface area contributed by atoms with Gasteiger partial charge in [-0.2, -0.15) is 0 Å². The van der Waals surface area contributed by atoms with E-state index in [4.69, 9.17) is 32.7 Å². The molecule has 0 fully saturated rings.